The quantitative estimate of drug-likeness (QED) is 0.790. The molecule has 2 fully saturated rings. The number of hydrogen-bond acceptors (Lipinski definition) is 5. The maximum atomic E-state index is 13.7. The number of hydrogen-bond donors (Lipinski definition) is 1. The largest absolute Gasteiger partial charge is 0.481 e. The number of imide groups is 1. The molecule has 2 aliphatic rings. The predicted octanol–water partition coefficient (Wildman–Crippen LogP) is 2.19. The number of piperidine rings is 1. The van der Waals surface area contributed by atoms with Gasteiger partial charge in [0, 0.05) is 18.7 Å². The summed E-state index contributed by atoms with van der Waals surface area (Å²) in [6.45, 7) is 0.144. The van der Waals surface area contributed by atoms with Gasteiger partial charge in [0.2, 0.25) is 5.91 Å². The van der Waals surface area contributed by atoms with E-state index in [0.29, 0.717) is 24.6 Å². The smallest absolute Gasteiger partial charge is 0.306 e. The Balaban J connectivity index is 1.65. The Morgan fingerprint density at radius 2 is 1.89 bits per heavy atom. The van der Waals surface area contributed by atoms with Crippen molar-refractivity contribution >= 4 is 40.9 Å². The normalized spacial score (nSPS) is 19.8. The van der Waals surface area contributed by atoms with Crippen molar-refractivity contribution in [2.24, 2.45) is 5.92 Å². The van der Waals surface area contributed by atoms with Gasteiger partial charge in [-0.2, -0.15) is 0 Å². The van der Waals surface area contributed by atoms with Gasteiger partial charge in [-0.25, -0.2) is 4.39 Å². The van der Waals surface area contributed by atoms with E-state index in [4.69, 9.17) is 5.11 Å². The lowest BCUT2D eigenvalue weighted by Crippen LogP contribution is -2.46. The molecule has 1 aromatic carbocycles. The number of carbonyl (C=O) groups excluding carboxylic acids is 3. The monoisotopic (exact) mass is 392 g/mol. The third-order valence-corrected chi connectivity index (χ3v) is 5.46. The van der Waals surface area contributed by atoms with E-state index in [1.165, 1.54) is 29.2 Å². The number of likely N-dealkylation sites (tertiary alicyclic amines) is 1. The molecule has 1 aromatic rings. The molecule has 0 bridgehead atoms. The number of carboxylic acid groups (broad SMARTS) is 1. The molecule has 3 rings (SSSR count). The van der Waals surface area contributed by atoms with Crippen LogP contribution < -0.4 is 0 Å². The lowest BCUT2D eigenvalue weighted by atomic mass is 9.97. The molecule has 0 spiro atoms. The van der Waals surface area contributed by atoms with Gasteiger partial charge in [0.1, 0.15) is 12.4 Å². The average Bonchev–Trinajstić information content (AvgIpc) is 2.91. The van der Waals surface area contributed by atoms with Crippen LogP contribution in [-0.2, 0) is 14.4 Å². The van der Waals surface area contributed by atoms with Crippen LogP contribution in [0.15, 0.2) is 29.2 Å². The second kappa shape index (κ2) is 7.91. The minimum absolute atomic E-state index is 0.0579. The number of benzene rings is 1. The van der Waals surface area contributed by atoms with Crippen LogP contribution in [0.1, 0.15) is 18.4 Å². The van der Waals surface area contributed by atoms with E-state index in [1.807, 2.05) is 0 Å². The first-order valence-corrected chi connectivity index (χ1v) is 9.19. The van der Waals surface area contributed by atoms with Crippen molar-refractivity contribution in [3.05, 3.63) is 40.6 Å². The minimum atomic E-state index is -0.883. The van der Waals surface area contributed by atoms with Crippen LogP contribution in [0.2, 0.25) is 0 Å². The van der Waals surface area contributed by atoms with E-state index < -0.39 is 41.3 Å². The zero-order valence-corrected chi connectivity index (χ0v) is 15.1. The Labute approximate surface area is 158 Å². The van der Waals surface area contributed by atoms with Gasteiger partial charge >= 0.3 is 5.97 Å². The van der Waals surface area contributed by atoms with Crippen molar-refractivity contribution in [2.45, 2.75) is 12.8 Å². The fourth-order valence-corrected chi connectivity index (χ4v) is 3.81. The highest BCUT2D eigenvalue weighted by atomic mass is 32.2. The van der Waals surface area contributed by atoms with Crippen LogP contribution in [0.5, 0.6) is 0 Å². The van der Waals surface area contributed by atoms with Crippen LogP contribution in [0.25, 0.3) is 6.08 Å². The van der Waals surface area contributed by atoms with Gasteiger partial charge in [-0.3, -0.25) is 24.1 Å². The summed E-state index contributed by atoms with van der Waals surface area (Å²) in [5.74, 6) is -2.92. The van der Waals surface area contributed by atoms with Gasteiger partial charge in [-0.1, -0.05) is 18.2 Å². The van der Waals surface area contributed by atoms with Crippen molar-refractivity contribution in [3.63, 3.8) is 0 Å². The summed E-state index contributed by atoms with van der Waals surface area (Å²) in [6, 6.07) is 5.87. The highest BCUT2D eigenvalue weighted by molar-refractivity contribution is 8.18. The molecular weight excluding hydrogens is 375 g/mol. The Bertz CT molecular complexity index is 833. The van der Waals surface area contributed by atoms with Crippen LogP contribution in [0.4, 0.5) is 9.18 Å². The number of nitrogens with zero attached hydrogens (tertiary/aromatic N) is 2. The molecule has 0 unspecified atom stereocenters. The zero-order valence-electron chi connectivity index (χ0n) is 14.3. The van der Waals surface area contributed by atoms with Gasteiger partial charge in [0.25, 0.3) is 11.1 Å². The summed E-state index contributed by atoms with van der Waals surface area (Å²) < 4.78 is 13.7. The third-order valence-electron chi connectivity index (χ3n) is 4.56. The molecule has 0 radical (unpaired) electrons. The fourth-order valence-electron chi connectivity index (χ4n) is 2.98. The maximum absolute atomic E-state index is 13.7. The molecular formula is C18H17FN2O5S. The summed E-state index contributed by atoms with van der Waals surface area (Å²) in [5, 5.41) is 8.41. The molecule has 3 amide bonds. The second-order valence-electron chi connectivity index (χ2n) is 6.28. The van der Waals surface area contributed by atoms with Crippen molar-refractivity contribution in [1.29, 1.82) is 0 Å². The van der Waals surface area contributed by atoms with E-state index in [2.05, 4.69) is 0 Å². The number of thioether (sulfide) groups is 1. The summed E-state index contributed by atoms with van der Waals surface area (Å²) in [6.07, 6.45) is 1.98. The Morgan fingerprint density at radius 1 is 1.22 bits per heavy atom. The summed E-state index contributed by atoms with van der Waals surface area (Å²) in [4.78, 5) is 50.3. The first kappa shape index (κ1) is 19.1. The van der Waals surface area contributed by atoms with Gasteiger partial charge < -0.3 is 10.0 Å². The molecule has 0 saturated carbocycles. The van der Waals surface area contributed by atoms with E-state index in [1.54, 1.807) is 6.07 Å². The molecule has 142 valence electrons. The predicted molar refractivity (Wildman–Crippen MR) is 96.0 cm³/mol. The number of aliphatic carboxylic acids is 1. The van der Waals surface area contributed by atoms with Crippen LogP contribution in [0, 0.1) is 11.7 Å². The number of carbonyl (C=O) groups is 4. The first-order chi connectivity index (χ1) is 12.9. The summed E-state index contributed by atoms with van der Waals surface area (Å²) in [5.41, 5.74) is 0.185. The first-order valence-electron chi connectivity index (χ1n) is 8.37. The van der Waals surface area contributed by atoms with E-state index in [-0.39, 0.29) is 23.6 Å². The van der Waals surface area contributed by atoms with E-state index in [0.717, 1.165) is 4.90 Å². The van der Waals surface area contributed by atoms with Gasteiger partial charge in [-0.15, -0.1) is 0 Å². The second-order valence-corrected chi connectivity index (χ2v) is 7.28. The van der Waals surface area contributed by atoms with Crippen molar-refractivity contribution < 1.29 is 28.7 Å². The number of halogens is 1. The van der Waals surface area contributed by atoms with Crippen LogP contribution in [0.3, 0.4) is 0 Å². The highest BCUT2D eigenvalue weighted by Crippen LogP contribution is 2.32. The van der Waals surface area contributed by atoms with E-state index >= 15 is 0 Å². The molecule has 2 saturated heterocycles. The van der Waals surface area contributed by atoms with Gasteiger partial charge in [0.05, 0.1) is 10.8 Å². The molecule has 1 N–H and O–H groups in total. The van der Waals surface area contributed by atoms with Gasteiger partial charge in [-0.05, 0) is 36.7 Å². The van der Waals surface area contributed by atoms with E-state index in [9.17, 15) is 23.6 Å². The maximum Gasteiger partial charge on any atom is 0.306 e. The van der Waals surface area contributed by atoms with Crippen molar-refractivity contribution in [3.8, 4) is 0 Å². The lowest BCUT2D eigenvalue weighted by molar-refractivity contribution is -0.146. The fraction of sp³-hybridized carbons (Fsp3) is 0.333. The van der Waals surface area contributed by atoms with Crippen LogP contribution in [-0.4, -0.2) is 57.6 Å². The average molecular weight is 392 g/mol. The molecule has 0 aliphatic carbocycles. The Hall–Kier alpha value is -2.68. The van der Waals surface area contributed by atoms with Gasteiger partial charge in [0.15, 0.2) is 0 Å². The highest BCUT2D eigenvalue weighted by Gasteiger charge is 2.38. The zero-order chi connectivity index (χ0) is 19.6. The standard InChI is InChI=1S/C18H17FN2O5S/c19-13-4-2-1-3-12(13)9-14-16(23)21(18(26)27-14)10-15(22)20-7-5-11(6-8-20)17(24)25/h1-4,9,11H,5-8,10H2,(H,24,25). The third kappa shape index (κ3) is 4.19. The molecule has 2 aliphatic heterocycles. The number of rotatable bonds is 4. The molecule has 27 heavy (non-hydrogen) atoms. The molecule has 7 nitrogen and oxygen atoms in total. The lowest BCUT2D eigenvalue weighted by Gasteiger charge is -2.30. The summed E-state index contributed by atoms with van der Waals surface area (Å²) in [7, 11) is 0. The SMILES string of the molecule is O=C(O)C1CCN(C(=O)CN2C(=O)SC(=Cc3ccccc3F)C2=O)CC1. The molecule has 0 aromatic heterocycles. The van der Waals surface area contributed by atoms with Crippen LogP contribution >= 0.6 is 11.8 Å². The number of amides is 3. The topological polar surface area (TPSA) is 95.0 Å². The number of carboxylic acids is 1. The summed E-state index contributed by atoms with van der Waals surface area (Å²) >= 11 is 0.662. The Kier molecular flexibility index (Phi) is 5.59. The Morgan fingerprint density at radius 3 is 2.52 bits per heavy atom. The molecule has 9 heteroatoms. The van der Waals surface area contributed by atoms with Crippen molar-refractivity contribution in [1.82, 2.24) is 9.80 Å². The van der Waals surface area contributed by atoms with Crippen molar-refractivity contribution in [2.75, 3.05) is 19.6 Å². The minimum Gasteiger partial charge on any atom is -0.481 e. The molecule has 0 atom stereocenters. The molecule has 2 heterocycles.